The Labute approximate surface area is 192 Å². The van der Waals surface area contributed by atoms with Gasteiger partial charge in [-0.3, -0.25) is 0 Å². The second kappa shape index (κ2) is 12.5. The Hall–Kier alpha value is -2.48. The second-order valence-electron chi connectivity index (χ2n) is 8.76. The first kappa shape index (κ1) is 24.2. The van der Waals surface area contributed by atoms with Crippen molar-refractivity contribution in [3.05, 3.63) is 83.4 Å². The molecule has 0 heterocycles. The summed E-state index contributed by atoms with van der Waals surface area (Å²) in [6.07, 6.45) is 10.8. The molecule has 3 aromatic rings. The highest BCUT2D eigenvalue weighted by Crippen LogP contribution is 2.35. The fourth-order valence-electron chi connectivity index (χ4n) is 4.31. The molecule has 0 bridgehead atoms. The van der Waals surface area contributed by atoms with Crippen molar-refractivity contribution >= 4 is 0 Å². The van der Waals surface area contributed by atoms with Crippen LogP contribution in [-0.2, 0) is 12.8 Å². The minimum atomic E-state index is -0.736. The van der Waals surface area contributed by atoms with Crippen molar-refractivity contribution in [2.75, 3.05) is 0 Å². The Morgan fingerprint density at radius 3 is 1.88 bits per heavy atom. The summed E-state index contributed by atoms with van der Waals surface area (Å²) < 4.78 is 30.0. The van der Waals surface area contributed by atoms with Crippen molar-refractivity contribution < 1.29 is 8.78 Å². The first-order valence-corrected chi connectivity index (χ1v) is 12.3. The molecule has 2 heteroatoms. The van der Waals surface area contributed by atoms with Gasteiger partial charge in [0.2, 0.25) is 0 Å². The Bertz CT molecular complexity index is 973. The van der Waals surface area contributed by atoms with E-state index in [-0.39, 0.29) is 0 Å². The number of hydrogen-bond donors (Lipinski definition) is 0. The zero-order valence-corrected chi connectivity index (χ0v) is 19.6. The average Bonchev–Trinajstić information content (AvgIpc) is 2.82. The lowest BCUT2D eigenvalue weighted by Gasteiger charge is -2.14. The highest BCUT2D eigenvalue weighted by Gasteiger charge is 2.17. The van der Waals surface area contributed by atoms with Crippen molar-refractivity contribution in [2.24, 2.45) is 0 Å². The molecule has 0 N–H and O–H groups in total. The average molecular weight is 435 g/mol. The smallest absolute Gasteiger partial charge is 0.166 e. The third-order valence-electron chi connectivity index (χ3n) is 6.26. The van der Waals surface area contributed by atoms with Crippen LogP contribution in [-0.4, -0.2) is 0 Å². The molecule has 0 aliphatic heterocycles. The van der Waals surface area contributed by atoms with Crippen LogP contribution in [0, 0.1) is 11.6 Å². The van der Waals surface area contributed by atoms with Gasteiger partial charge in [0.15, 0.2) is 11.6 Å². The number of aryl methyl sites for hydroxylation is 2. The topological polar surface area (TPSA) is 0 Å². The first-order valence-electron chi connectivity index (χ1n) is 12.3. The Balaban J connectivity index is 1.81. The van der Waals surface area contributed by atoms with E-state index in [1.54, 1.807) is 12.1 Å². The predicted molar refractivity (Wildman–Crippen MR) is 133 cm³/mol. The molecule has 0 saturated heterocycles. The summed E-state index contributed by atoms with van der Waals surface area (Å²) in [5, 5.41) is 0. The van der Waals surface area contributed by atoms with Crippen LogP contribution in [0.5, 0.6) is 0 Å². The van der Waals surface area contributed by atoms with Crippen LogP contribution in [0.3, 0.4) is 0 Å². The van der Waals surface area contributed by atoms with Crippen LogP contribution in [0.25, 0.3) is 22.3 Å². The molecule has 0 aliphatic rings. The lowest BCUT2D eigenvalue weighted by atomic mass is 9.92. The molecule has 0 atom stereocenters. The summed E-state index contributed by atoms with van der Waals surface area (Å²) in [4.78, 5) is 0. The number of benzene rings is 3. The largest absolute Gasteiger partial charge is 0.203 e. The monoisotopic (exact) mass is 434 g/mol. The highest BCUT2D eigenvalue weighted by atomic mass is 19.2. The standard InChI is InChI=1S/C30H36F2/c1-3-5-7-8-10-14-25-21-22-28(30(32)29(25)31)27-16-12-11-15-26(27)24-19-17-23(18-20-24)13-9-6-4-2/h11-12,15-22H,3-10,13-14H2,1-2H3. The SMILES string of the molecule is CCCCCCCc1ccc(-c2ccccc2-c2ccc(CCCCC)cc2)c(F)c1F. The van der Waals surface area contributed by atoms with E-state index in [4.69, 9.17) is 0 Å². The Morgan fingerprint density at radius 2 is 1.16 bits per heavy atom. The molecule has 0 spiro atoms. The van der Waals surface area contributed by atoms with E-state index in [0.29, 0.717) is 17.5 Å². The fraction of sp³-hybridized carbons (Fsp3) is 0.400. The van der Waals surface area contributed by atoms with Crippen LogP contribution >= 0.6 is 0 Å². The number of rotatable bonds is 12. The van der Waals surface area contributed by atoms with Gasteiger partial charge in [-0.2, -0.15) is 0 Å². The molecule has 0 fully saturated rings. The summed E-state index contributed by atoms with van der Waals surface area (Å²) in [6, 6.07) is 19.7. The van der Waals surface area contributed by atoms with Crippen molar-refractivity contribution in [3.8, 4) is 22.3 Å². The van der Waals surface area contributed by atoms with Gasteiger partial charge in [-0.1, -0.05) is 113 Å². The van der Waals surface area contributed by atoms with E-state index in [0.717, 1.165) is 42.4 Å². The fourth-order valence-corrected chi connectivity index (χ4v) is 4.31. The summed E-state index contributed by atoms with van der Waals surface area (Å²) in [5.74, 6) is -1.43. The van der Waals surface area contributed by atoms with E-state index < -0.39 is 11.6 Å². The van der Waals surface area contributed by atoms with Crippen molar-refractivity contribution in [1.29, 1.82) is 0 Å². The van der Waals surface area contributed by atoms with Gasteiger partial charge in [-0.05, 0) is 53.5 Å². The van der Waals surface area contributed by atoms with Gasteiger partial charge in [-0.15, -0.1) is 0 Å². The van der Waals surface area contributed by atoms with Gasteiger partial charge >= 0.3 is 0 Å². The summed E-state index contributed by atoms with van der Waals surface area (Å²) in [5.41, 5.74) is 4.83. The van der Waals surface area contributed by atoms with Crippen LogP contribution in [0.2, 0.25) is 0 Å². The minimum Gasteiger partial charge on any atom is -0.203 e. The van der Waals surface area contributed by atoms with Gasteiger partial charge in [-0.25, -0.2) is 8.78 Å². The molecule has 0 amide bonds. The zero-order valence-electron chi connectivity index (χ0n) is 19.6. The molecule has 170 valence electrons. The van der Waals surface area contributed by atoms with Crippen LogP contribution < -0.4 is 0 Å². The highest BCUT2D eigenvalue weighted by molar-refractivity contribution is 5.83. The molecule has 32 heavy (non-hydrogen) atoms. The van der Waals surface area contributed by atoms with E-state index >= 15 is 4.39 Å². The molecular formula is C30H36F2. The van der Waals surface area contributed by atoms with E-state index in [1.807, 2.05) is 24.3 Å². The molecular weight excluding hydrogens is 398 g/mol. The van der Waals surface area contributed by atoms with Gasteiger partial charge < -0.3 is 0 Å². The van der Waals surface area contributed by atoms with E-state index in [1.165, 1.54) is 37.7 Å². The third-order valence-corrected chi connectivity index (χ3v) is 6.26. The van der Waals surface area contributed by atoms with Crippen molar-refractivity contribution in [2.45, 2.75) is 78.1 Å². The maximum absolute atomic E-state index is 15.1. The quantitative estimate of drug-likeness (QED) is 0.249. The minimum absolute atomic E-state index is 0.333. The van der Waals surface area contributed by atoms with Gasteiger partial charge in [0.1, 0.15) is 0 Å². The predicted octanol–water partition coefficient (Wildman–Crippen LogP) is 9.54. The van der Waals surface area contributed by atoms with Crippen molar-refractivity contribution in [3.63, 3.8) is 0 Å². The van der Waals surface area contributed by atoms with E-state index in [2.05, 4.69) is 38.1 Å². The number of halogens is 2. The molecule has 0 aromatic heterocycles. The second-order valence-corrected chi connectivity index (χ2v) is 8.76. The van der Waals surface area contributed by atoms with E-state index in [9.17, 15) is 4.39 Å². The third kappa shape index (κ3) is 6.28. The number of hydrogen-bond acceptors (Lipinski definition) is 0. The lowest BCUT2D eigenvalue weighted by Crippen LogP contribution is -1.98. The van der Waals surface area contributed by atoms with Gasteiger partial charge in [0.05, 0.1) is 0 Å². The molecule has 3 rings (SSSR count). The number of unbranched alkanes of at least 4 members (excludes halogenated alkanes) is 6. The maximum atomic E-state index is 15.1. The van der Waals surface area contributed by atoms with Crippen LogP contribution in [0.15, 0.2) is 60.7 Å². The molecule has 3 aromatic carbocycles. The lowest BCUT2D eigenvalue weighted by molar-refractivity contribution is 0.497. The molecule has 0 aliphatic carbocycles. The normalized spacial score (nSPS) is 11.1. The summed E-state index contributed by atoms with van der Waals surface area (Å²) in [7, 11) is 0. The Kier molecular flexibility index (Phi) is 9.46. The molecule has 0 unspecified atom stereocenters. The summed E-state index contributed by atoms with van der Waals surface area (Å²) >= 11 is 0. The van der Waals surface area contributed by atoms with Crippen molar-refractivity contribution in [1.82, 2.24) is 0 Å². The van der Waals surface area contributed by atoms with Crippen LogP contribution in [0.1, 0.15) is 76.3 Å². The first-order chi connectivity index (χ1) is 15.7. The zero-order chi connectivity index (χ0) is 22.8. The molecule has 0 nitrogen and oxygen atoms in total. The molecule has 0 radical (unpaired) electrons. The molecule has 0 saturated carbocycles. The Morgan fingerprint density at radius 1 is 0.531 bits per heavy atom. The van der Waals surface area contributed by atoms with Crippen LogP contribution in [0.4, 0.5) is 8.78 Å². The summed E-state index contributed by atoms with van der Waals surface area (Å²) in [6.45, 7) is 4.38. The van der Waals surface area contributed by atoms with Gasteiger partial charge in [0, 0.05) is 5.56 Å². The maximum Gasteiger partial charge on any atom is 0.166 e. The van der Waals surface area contributed by atoms with Gasteiger partial charge in [0.25, 0.3) is 0 Å².